The SMILES string of the molecule is COc1ccc2cc(C(=O)N3CCN(CC(=O)N4CCCCCC4)CC3)[nH]c2c1. The van der Waals surface area contributed by atoms with E-state index in [-0.39, 0.29) is 11.8 Å². The molecule has 0 aliphatic carbocycles. The van der Waals surface area contributed by atoms with Gasteiger partial charge >= 0.3 is 0 Å². The molecule has 2 amide bonds. The molecule has 0 radical (unpaired) electrons. The lowest BCUT2D eigenvalue weighted by Crippen LogP contribution is -2.51. The van der Waals surface area contributed by atoms with Crippen LogP contribution in [0.25, 0.3) is 10.9 Å². The van der Waals surface area contributed by atoms with Crippen LogP contribution < -0.4 is 4.74 Å². The largest absolute Gasteiger partial charge is 0.497 e. The molecule has 2 aromatic rings. The standard InChI is InChI=1S/C22H30N4O3/c1-29-18-7-6-17-14-20(23-19(17)15-18)22(28)26-12-10-24(11-13-26)16-21(27)25-8-4-2-3-5-9-25/h6-7,14-15,23H,2-5,8-13,16H2,1H3. The lowest BCUT2D eigenvalue weighted by molar-refractivity contribution is -0.132. The first kappa shape index (κ1) is 19.8. The van der Waals surface area contributed by atoms with Gasteiger partial charge in [-0.05, 0) is 31.0 Å². The third kappa shape index (κ3) is 4.56. The van der Waals surface area contributed by atoms with Crippen molar-refractivity contribution in [1.29, 1.82) is 0 Å². The van der Waals surface area contributed by atoms with Crippen LogP contribution >= 0.6 is 0 Å². The van der Waals surface area contributed by atoms with Gasteiger partial charge in [0.15, 0.2) is 0 Å². The number of hydrogen-bond donors (Lipinski definition) is 1. The molecule has 2 aliphatic heterocycles. The molecular formula is C22H30N4O3. The summed E-state index contributed by atoms with van der Waals surface area (Å²) >= 11 is 0. The van der Waals surface area contributed by atoms with Gasteiger partial charge in [-0.1, -0.05) is 12.8 Å². The normalized spacial score (nSPS) is 18.7. The van der Waals surface area contributed by atoms with E-state index in [2.05, 4.69) is 9.88 Å². The predicted octanol–water partition coefficient (Wildman–Crippen LogP) is 2.34. The molecule has 7 heteroatoms. The average Bonchev–Trinajstić information content (AvgIpc) is 2.97. The number of methoxy groups -OCH3 is 1. The monoisotopic (exact) mass is 398 g/mol. The zero-order chi connectivity index (χ0) is 20.2. The Morgan fingerprint density at radius 3 is 2.34 bits per heavy atom. The summed E-state index contributed by atoms with van der Waals surface area (Å²) in [7, 11) is 1.63. The quantitative estimate of drug-likeness (QED) is 0.858. The number of piperazine rings is 1. The van der Waals surface area contributed by atoms with Crippen molar-refractivity contribution < 1.29 is 14.3 Å². The molecule has 0 atom stereocenters. The van der Waals surface area contributed by atoms with Crippen molar-refractivity contribution in [3.63, 3.8) is 0 Å². The van der Waals surface area contributed by atoms with Crippen molar-refractivity contribution in [2.24, 2.45) is 0 Å². The second kappa shape index (κ2) is 8.86. The van der Waals surface area contributed by atoms with Gasteiger partial charge < -0.3 is 19.5 Å². The van der Waals surface area contributed by atoms with E-state index in [1.165, 1.54) is 12.8 Å². The highest BCUT2D eigenvalue weighted by Crippen LogP contribution is 2.22. The van der Waals surface area contributed by atoms with Gasteiger partial charge in [0.2, 0.25) is 5.91 Å². The molecule has 0 bridgehead atoms. The Kier molecular flexibility index (Phi) is 6.04. The number of nitrogens with one attached hydrogen (secondary N) is 1. The van der Waals surface area contributed by atoms with Crippen molar-refractivity contribution in [2.75, 3.05) is 52.9 Å². The van der Waals surface area contributed by atoms with Gasteiger partial charge in [-0.2, -0.15) is 0 Å². The van der Waals surface area contributed by atoms with Crippen LogP contribution in [0.5, 0.6) is 5.75 Å². The molecule has 29 heavy (non-hydrogen) atoms. The van der Waals surface area contributed by atoms with Crippen LogP contribution in [-0.2, 0) is 4.79 Å². The summed E-state index contributed by atoms with van der Waals surface area (Å²) in [4.78, 5) is 34.8. The summed E-state index contributed by atoms with van der Waals surface area (Å²) in [5.74, 6) is 1.01. The average molecular weight is 399 g/mol. The number of hydrogen-bond acceptors (Lipinski definition) is 4. The zero-order valence-electron chi connectivity index (χ0n) is 17.2. The molecule has 7 nitrogen and oxygen atoms in total. The molecule has 2 aliphatic rings. The first-order valence-electron chi connectivity index (χ1n) is 10.6. The zero-order valence-corrected chi connectivity index (χ0v) is 17.2. The molecule has 1 N–H and O–H groups in total. The van der Waals surface area contributed by atoms with E-state index in [0.29, 0.717) is 25.3 Å². The first-order valence-corrected chi connectivity index (χ1v) is 10.6. The van der Waals surface area contributed by atoms with Crippen LogP contribution in [0, 0.1) is 0 Å². The second-order valence-electron chi connectivity index (χ2n) is 8.00. The topological polar surface area (TPSA) is 68.9 Å². The number of benzene rings is 1. The minimum absolute atomic E-state index is 0.0126. The minimum atomic E-state index is 0.0126. The smallest absolute Gasteiger partial charge is 0.270 e. The van der Waals surface area contributed by atoms with Crippen LogP contribution in [0.4, 0.5) is 0 Å². The molecule has 0 spiro atoms. The third-order valence-electron chi connectivity index (χ3n) is 6.04. The summed E-state index contributed by atoms with van der Waals surface area (Å²) < 4.78 is 5.25. The summed E-state index contributed by atoms with van der Waals surface area (Å²) in [5.41, 5.74) is 1.50. The van der Waals surface area contributed by atoms with Crippen molar-refractivity contribution in [3.05, 3.63) is 30.0 Å². The van der Waals surface area contributed by atoms with E-state index < -0.39 is 0 Å². The fraction of sp³-hybridized carbons (Fsp3) is 0.545. The Bertz CT molecular complexity index is 862. The molecule has 1 aromatic carbocycles. The van der Waals surface area contributed by atoms with E-state index in [4.69, 9.17) is 4.74 Å². The van der Waals surface area contributed by atoms with Crippen molar-refractivity contribution in [2.45, 2.75) is 25.7 Å². The number of ether oxygens (including phenoxy) is 1. The van der Waals surface area contributed by atoms with Crippen molar-refractivity contribution in [1.82, 2.24) is 19.7 Å². The van der Waals surface area contributed by atoms with Crippen LogP contribution in [0.1, 0.15) is 36.2 Å². The van der Waals surface area contributed by atoms with Gasteiger partial charge in [-0.3, -0.25) is 14.5 Å². The number of H-pyrrole nitrogens is 1. The Labute approximate surface area is 171 Å². The number of aromatic amines is 1. The molecule has 0 unspecified atom stereocenters. The van der Waals surface area contributed by atoms with Gasteiger partial charge in [-0.15, -0.1) is 0 Å². The number of aromatic nitrogens is 1. The van der Waals surface area contributed by atoms with E-state index in [0.717, 1.165) is 55.7 Å². The Balaban J connectivity index is 1.32. The van der Waals surface area contributed by atoms with Gasteiger partial charge in [-0.25, -0.2) is 0 Å². The molecule has 156 valence electrons. The highest BCUT2D eigenvalue weighted by Gasteiger charge is 2.26. The molecular weight excluding hydrogens is 368 g/mol. The number of fused-ring (bicyclic) bond motifs is 1. The second-order valence-corrected chi connectivity index (χ2v) is 8.00. The van der Waals surface area contributed by atoms with Crippen LogP contribution in [0.2, 0.25) is 0 Å². The number of carbonyl (C=O) groups is 2. The van der Waals surface area contributed by atoms with Gasteiger partial charge in [0.25, 0.3) is 5.91 Å². The van der Waals surface area contributed by atoms with E-state index in [1.54, 1.807) is 7.11 Å². The highest BCUT2D eigenvalue weighted by molar-refractivity contribution is 5.98. The fourth-order valence-corrected chi connectivity index (χ4v) is 4.24. The van der Waals surface area contributed by atoms with Crippen LogP contribution in [0.3, 0.4) is 0 Å². The maximum absolute atomic E-state index is 12.9. The molecule has 1 aromatic heterocycles. The van der Waals surface area contributed by atoms with E-state index in [1.807, 2.05) is 34.1 Å². The van der Waals surface area contributed by atoms with Gasteiger partial charge in [0.1, 0.15) is 11.4 Å². The summed E-state index contributed by atoms with van der Waals surface area (Å²) in [6, 6.07) is 7.64. The van der Waals surface area contributed by atoms with E-state index in [9.17, 15) is 9.59 Å². The molecule has 3 heterocycles. The van der Waals surface area contributed by atoms with Crippen molar-refractivity contribution >= 4 is 22.7 Å². The molecule has 2 saturated heterocycles. The van der Waals surface area contributed by atoms with Crippen molar-refractivity contribution in [3.8, 4) is 5.75 Å². The Morgan fingerprint density at radius 2 is 1.66 bits per heavy atom. The first-order chi connectivity index (χ1) is 14.1. The maximum Gasteiger partial charge on any atom is 0.270 e. The van der Waals surface area contributed by atoms with Crippen LogP contribution in [0.15, 0.2) is 24.3 Å². The minimum Gasteiger partial charge on any atom is -0.497 e. The van der Waals surface area contributed by atoms with E-state index >= 15 is 0 Å². The lowest BCUT2D eigenvalue weighted by atomic mass is 10.2. The molecule has 2 fully saturated rings. The predicted molar refractivity (Wildman–Crippen MR) is 112 cm³/mol. The highest BCUT2D eigenvalue weighted by atomic mass is 16.5. The number of carbonyl (C=O) groups excluding carboxylic acids is 2. The lowest BCUT2D eigenvalue weighted by Gasteiger charge is -2.35. The summed E-state index contributed by atoms with van der Waals surface area (Å²) in [6.45, 7) is 5.01. The van der Waals surface area contributed by atoms with Gasteiger partial charge in [0.05, 0.1) is 13.7 Å². The molecule has 0 saturated carbocycles. The third-order valence-corrected chi connectivity index (χ3v) is 6.04. The number of rotatable bonds is 4. The summed E-state index contributed by atoms with van der Waals surface area (Å²) in [5, 5.41) is 0.996. The number of likely N-dealkylation sites (tertiary alicyclic amines) is 1. The number of nitrogens with zero attached hydrogens (tertiary/aromatic N) is 3. The molecule has 4 rings (SSSR count). The fourth-order valence-electron chi connectivity index (χ4n) is 4.24. The van der Waals surface area contributed by atoms with Crippen LogP contribution in [-0.4, -0.2) is 84.4 Å². The number of amides is 2. The Morgan fingerprint density at radius 1 is 0.931 bits per heavy atom. The van der Waals surface area contributed by atoms with Gasteiger partial charge in [0, 0.05) is 56.2 Å². The Hall–Kier alpha value is -2.54. The summed E-state index contributed by atoms with van der Waals surface area (Å²) in [6.07, 6.45) is 4.69. The maximum atomic E-state index is 12.9.